The molecule has 1 aliphatic rings. The minimum absolute atomic E-state index is 0.0584. The molecule has 0 aromatic heterocycles. The summed E-state index contributed by atoms with van der Waals surface area (Å²) in [5.41, 5.74) is 1.36. The number of nitrogens with one attached hydrogen (secondary N) is 1. The number of nitro groups is 1. The quantitative estimate of drug-likeness (QED) is 0.693. The second kappa shape index (κ2) is 7.10. The molecule has 1 N–H and O–H groups in total. The van der Waals surface area contributed by atoms with E-state index >= 15 is 0 Å². The van der Waals surface area contributed by atoms with Gasteiger partial charge in [-0.25, -0.2) is 4.79 Å². The number of rotatable bonds is 3. The molecule has 0 spiro atoms. The smallest absolute Gasteiger partial charge is 0.322 e. The van der Waals surface area contributed by atoms with Gasteiger partial charge in [0.05, 0.1) is 18.1 Å². The Morgan fingerprint density at radius 3 is 2.75 bits per heavy atom. The largest absolute Gasteiger partial charge is 0.370 e. The van der Waals surface area contributed by atoms with Crippen LogP contribution in [0.2, 0.25) is 0 Å². The summed E-state index contributed by atoms with van der Waals surface area (Å²) in [6, 6.07) is 15.3. The lowest BCUT2D eigenvalue weighted by Crippen LogP contribution is -2.44. The van der Waals surface area contributed by atoms with E-state index in [4.69, 9.17) is 4.74 Å². The fourth-order valence-electron chi connectivity index (χ4n) is 2.60. The molecule has 1 atom stereocenters. The van der Waals surface area contributed by atoms with Gasteiger partial charge in [0.1, 0.15) is 6.10 Å². The van der Waals surface area contributed by atoms with E-state index in [1.807, 2.05) is 30.3 Å². The van der Waals surface area contributed by atoms with E-state index in [1.54, 1.807) is 17.0 Å². The molecule has 7 nitrogen and oxygen atoms in total. The molecule has 1 saturated heterocycles. The highest BCUT2D eigenvalue weighted by atomic mass is 16.6. The summed E-state index contributed by atoms with van der Waals surface area (Å²) in [5.74, 6) is 0. The van der Waals surface area contributed by atoms with Crippen LogP contribution in [-0.2, 0) is 4.74 Å². The van der Waals surface area contributed by atoms with Gasteiger partial charge in [-0.15, -0.1) is 0 Å². The standard InChI is InChI=1S/C17H17N3O4/c21-17(18-14-7-4-8-15(11-14)20(22)23)19-9-10-24-16(12-19)13-5-2-1-3-6-13/h1-8,11,16H,9-10,12H2,(H,18,21)/t16-/m1/s1. The molecule has 2 aromatic rings. The van der Waals surface area contributed by atoms with E-state index in [1.165, 1.54) is 12.1 Å². The van der Waals surface area contributed by atoms with E-state index in [-0.39, 0.29) is 17.8 Å². The minimum Gasteiger partial charge on any atom is -0.370 e. The summed E-state index contributed by atoms with van der Waals surface area (Å²) < 4.78 is 5.73. The predicted molar refractivity (Wildman–Crippen MR) is 88.8 cm³/mol. The number of nitro benzene ring substituents is 1. The Morgan fingerprint density at radius 1 is 1.21 bits per heavy atom. The van der Waals surface area contributed by atoms with Gasteiger partial charge in [0.15, 0.2) is 0 Å². The SMILES string of the molecule is O=C(Nc1cccc([N+](=O)[O-])c1)N1CCO[C@@H](c2ccccc2)C1. The maximum absolute atomic E-state index is 12.4. The summed E-state index contributed by atoms with van der Waals surface area (Å²) in [4.78, 5) is 24.4. The van der Waals surface area contributed by atoms with E-state index < -0.39 is 4.92 Å². The first-order valence-corrected chi connectivity index (χ1v) is 7.60. The molecule has 1 heterocycles. The Labute approximate surface area is 139 Å². The number of urea groups is 1. The van der Waals surface area contributed by atoms with E-state index in [2.05, 4.69) is 5.32 Å². The Morgan fingerprint density at radius 2 is 2.00 bits per heavy atom. The third-order valence-electron chi connectivity index (χ3n) is 3.83. The van der Waals surface area contributed by atoms with Crippen molar-refractivity contribution < 1.29 is 14.5 Å². The zero-order valence-corrected chi connectivity index (χ0v) is 12.9. The van der Waals surface area contributed by atoms with Crippen molar-refractivity contribution in [2.24, 2.45) is 0 Å². The Balaban J connectivity index is 1.66. The number of hydrogen-bond donors (Lipinski definition) is 1. The molecule has 0 unspecified atom stereocenters. The van der Waals surface area contributed by atoms with Crippen LogP contribution in [-0.4, -0.2) is 35.6 Å². The lowest BCUT2D eigenvalue weighted by atomic mass is 10.1. The molecule has 1 aliphatic heterocycles. The van der Waals surface area contributed by atoms with Crippen molar-refractivity contribution in [2.45, 2.75) is 6.10 Å². The van der Waals surface area contributed by atoms with Crippen LogP contribution in [0.4, 0.5) is 16.2 Å². The first-order valence-electron chi connectivity index (χ1n) is 7.60. The first kappa shape index (κ1) is 15.9. The van der Waals surface area contributed by atoms with E-state index in [0.29, 0.717) is 25.4 Å². The molecule has 124 valence electrons. The second-order valence-corrected chi connectivity index (χ2v) is 5.45. The monoisotopic (exact) mass is 327 g/mol. The molecule has 2 aromatic carbocycles. The third-order valence-corrected chi connectivity index (χ3v) is 3.83. The van der Waals surface area contributed by atoms with Gasteiger partial charge >= 0.3 is 6.03 Å². The molecule has 0 radical (unpaired) electrons. The molecule has 2 amide bonds. The topological polar surface area (TPSA) is 84.7 Å². The van der Waals surface area contributed by atoms with Crippen molar-refractivity contribution in [3.8, 4) is 0 Å². The van der Waals surface area contributed by atoms with Crippen LogP contribution >= 0.6 is 0 Å². The van der Waals surface area contributed by atoms with E-state index in [0.717, 1.165) is 5.56 Å². The second-order valence-electron chi connectivity index (χ2n) is 5.45. The number of carbonyl (C=O) groups is 1. The molecule has 0 aliphatic carbocycles. The minimum atomic E-state index is -0.490. The summed E-state index contributed by atoms with van der Waals surface area (Å²) in [6.45, 7) is 1.36. The zero-order valence-electron chi connectivity index (χ0n) is 12.9. The fraction of sp³-hybridized carbons (Fsp3) is 0.235. The number of morpholine rings is 1. The van der Waals surface area contributed by atoms with Crippen LogP contribution in [0.1, 0.15) is 11.7 Å². The molecular formula is C17H17N3O4. The summed E-state index contributed by atoms with van der Waals surface area (Å²) in [6.07, 6.45) is -0.171. The number of ether oxygens (including phenoxy) is 1. The van der Waals surface area contributed by atoms with E-state index in [9.17, 15) is 14.9 Å². The average molecular weight is 327 g/mol. The van der Waals surface area contributed by atoms with Gasteiger partial charge in [-0.05, 0) is 11.6 Å². The first-order chi connectivity index (χ1) is 11.6. The Hall–Kier alpha value is -2.93. The van der Waals surface area contributed by atoms with Crippen LogP contribution in [0.5, 0.6) is 0 Å². The number of non-ortho nitro benzene ring substituents is 1. The molecule has 3 rings (SSSR count). The summed E-state index contributed by atoms with van der Waals surface area (Å²) in [5, 5.41) is 13.5. The van der Waals surface area contributed by atoms with Gasteiger partial charge in [0.2, 0.25) is 0 Å². The zero-order chi connectivity index (χ0) is 16.9. The normalized spacial score (nSPS) is 17.3. The third kappa shape index (κ3) is 3.69. The highest BCUT2D eigenvalue weighted by molar-refractivity contribution is 5.89. The number of benzene rings is 2. The van der Waals surface area contributed by atoms with Crippen molar-refractivity contribution >= 4 is 17.4 Å². The number of carbonyl (C=O) groups excluding carboxylic acids is 1. The molecule has 1 fully saturated rings. The van der Waals surface area contributed by atoms with Crippen LogP contribution in [0.25, 0.3) is 0 Å². The van der Waals surface area contributed by atoms with Crippen molar-refractivity contribution in [1.29, 1.82) is 0 Å². The van der Waals surface area contributed by atoms with Gasteiger partial charge in [-0.1, -0.05) is 36.4 Å². The van der Waals surface area contributed by atoms with Crippen molar-refractivity contribution in [3.63, 3.8) is 0 Å². The van der Waals surface area contributed by atoms with Gasteiger partial charge in [-0.3, -0.25) is 10.1 Å². The maximum Gasteiger partial charge on any atom is 0.322 e. The summed E-state index contributed by atoms with van der Waals surface area (Å²) in [7, 11) is 0. The molecule has 0 saturated carbocycles. The molecule has 0 bridgehead atoms. The number of amides is 2. The molecule has 7 heteroatoms. The van der Waals surface area contributed by atoms with Gasteiger partial charge in [0, 0.05) is 24.4 Å². The lowest BCUT2D eigenvalue weighted by molar-refractivity contribution is -0.384. The predicted octanol–water partition coefficient (Wildman–Crippen LogP) is 3.20. The Kier molecular flexibility index (Phi) is 4.72. The Bertz CT molecular complexity index is 736. The fourth-order valence-corrected chi connectivity index (χ4v) is 2.60. The van der Waals surface area contributed by atoms with Crippen LogP contribution < -0.4 is 5.32 Å². The van der Waals surface area contributed by atoms with Crippen LogP contribution in [0.15, 0.2) is 54.6 Å². The van der Waals surface area contributed by atoms with Crippen LogP contribution in [0.3, 0.4) is 0 Å². The maximum atomic E-state index is 12.4. The number of nitrogens with zero attached hydrogens (tertiary/aromatic N) is 2. The molecule has 24 heavy (non-hydrogen) atoms. The van der Waals surface area contributed by atoms with Gasteiger partial charge < -0.3 is 15.0 Å². The highest BCUT2D eigenvalue weighted by Gasteiger charge is 2.25. The average Bonchev–Trinajstić information content (AvgIpc) is 2.63. The van der Waals surface area contributed by atoms with Gasteiger partial charge in [0.25, 0.3) is 5.69 Å². The molecular weight excluding hydrogens is 310 g/mol. The number of anilines is 1. The van der Waals surface area contributed by atoms with Crippen LogP contribution in [0, 0.1) is 10.1 Å². The lowest BCUT2D eigenvalue weighted by Gasteiger charge is -2.33. The van der Waals surface area contributed by atoms with Crippen molar-refractivity contribution in [2.75, 3.05) is 25.0 Å². The van der Waals surface area contributed by atoms with Crippen molar-refractivity contribution in [3.05, 3.63) is 70.3 Å². The van der Waals surface area contributed by atoms with Crippen molar-refractivity contribution in [1.82, 2.24) is 4.90 Å². The highest BCUT2D eigenvalue weighted by Crippen LogP contribution is 2.23. The number of hydrogen-bond acceptors (Lipinski definition) is 4. The van der Waals surface area contributed by atoms with Gasteiger partial charge in [-0.2, -0.15) is 0 Å². The summed E-state index contributed by atoms with van der Waals surface area (Å²) >= 11 is 0.